The van der Waals surface area contributed by atoms with Gasteiger partial charge in [-0.3, -0.25) is 9.36 Å². The van der Waals surface area contributed by atoms with E-state index in [9.17, 15) is 4.79 Å². The molecule has 0 aromatic carbocycles. The second kappa shape index (κ2) is 6.29. The number of hydrogen-bond donors (Lipinski definition) is 1. The highest BCUT2D eigenvalue weighted by Crippen LogP contribution is 2.33. The first-order chi connectivity index (χ1) is 11.6. The van der Waals surface area contributed by atoms with Gasteiger partial charge >= 0.3 is 0 Å². The van der Waals surface area contributed by atoms with E-state index in [4.69, 9.17) is 12.2 Å². The number of hydrogen-bond acceptors (Lipinski definition) is 4. The summed E-state index contributed by atoms with van der Waals surface area (Å²) in [5.74, 6) is 0. The topological polar surface area (TPSA) is 55.6 Å². The van der Waals surface area contributed by atoms with Crippen molar-refractivity contribution in [3.05, 3.63) is 43.8 Å². The van der Waals surface area contributed by atoms with Crippen molar-refractivity contribution in [2.75, 3.05) is 0 Å². The van der Waals surface area contributed by atoms with Crippen LogP contribution in [0.4, 0.5) is 0 Å². The van der Waals surface area contributed by atoms with Crippen molar-refractivity contribution < 1.29 is 0 Å². The summed E-state index contributed by atoms with van der Waals surface area (Å²) in [6.07, 6.45) is 9.04. The molecular weight excluding hydrogens is 340 g/mol. The van der Waals surface area contributed by atoms with Gasteiger partial charge in [-0.15, -0.1) is 11.3 Å². The van der Waals surface area contributed by atoms with E-state index in [0.717, 1.165) is 41.7 Å². The minimum atomic E-state index is 0.0792. The minimum Gasteiger partial charge on any atom is -0.335 e. The SMILES string of the molecule is Cc1cncn1CCCn1c(=S)[nH]c2sc3c(c2c1=O)CCCC3. The van der Waals surface area contributed by atoms with Gasteiger partial charge in [0.05, 0.1) is 11.7 Å². The molecule has 4 rings (SSSR count). The molecule has 0 saturated heterocycles. The van der Waals surface area contributed by atoms with Gasteiger partial charge < -0.3 is 9.55 Å². The predicted octanol–water partition coefficient (Wildman–Crippen LogP) is 3.59. The van der Waals surface area contributed by atoms with Crippen molar-refractivity contribution in [1.29, 1.82) is 0 Å². The Morgan fingerprint density at radius 1 is 1.33 bits per heavy atom. The molecular formula is C17H20N4OS2. The van der Waals surface area contributed by atoms with Gasteiger partial charge in [0.2, 0.25) is 0 Å². The van der Waals surface area contributed by atoms with Crippen LogP contribution in [0.15, 0.2) is 17.3 Å². The minimum absolute atomic E-state index is 0.0792. The molecule has 0 radical (unpaired) electrons. The van der Waals surface area contributed by atoms with Gasteiger partial charge in [-0.2, -0.15) is 0 Å². The van der Waals surface area contributed by atoms with Crippen LogP contribution in [0.5, 0.6) is 0 Å². The van der Waals surface area contributed by atoms with E-state index in [1.165, 1.54) is 23.3 Å². The summed E-state index contributed by atoms with van der Waals surface area (Å²) in [7, 11) is 0. The lowest BCUT2D eigenvalue weighted by atomic mass is 9.97. The maximum atomic E-state index is 13.0. The molecule has 0 atom stereocenters. The Morgan fingerprint density at radius 2 is 2.17 bits per heavy atom. The smallest absolute Gasteiger partial charge is 0.263 e. The lowest BCUT2D eigenvalue weighted by Gasteiger charge is -2.11. The van der Waals surface area contributed by atoms with E-state index in [0.29, 0.717) is 11.3 Å². The fraction of sp³-hybridized carbons (Fsp3) is 0.471. The lowest BCUT2D eigenvalue weighted by molar-refractivity contribution is 0.540. The highest BCUT2D eigenvalue weighted by atomic mass is 32.1. The number of thiophene rings is 1. The molecule has 1 aliphatic carbocycles. The van der Waals surface area contributed by atoms with Crippen LogP contribution in [0, 0.1) is 11.7 Å². The molecule has 0 saturated carbocycles. The van der Waals surface area contributed by atoms with Gasteiger partial charge in [-0.25, -0.2) is 4.98 Å². The molecule has 1 N–H and O–H groups in total. The molecule has 0 unspecified atom stereocenters. The predicted molar refractivity (Wildman–Crippen MR) is 99.5 cm³/mol. The third kappa shape index (κ3) is 2.65. The van der Waals surface area contributed by atoms with Gasteiger partial charge in [-0.05, 0) is 56.8 Å². The van der Waals surface area contributed by atoms with Crippen LogP contribution in [-0.4, -0.2) is 19.1 Å². The summed E-state index contributed by atoms with van der Waals surface area (Å²) in [5, 5.41) is 0.877. The van der Waals surface area contributed by atoms with Crippen LogP contribution in [0.2, 0.25) is 0 Å². The second-order valence-electron chi connectivity index (χ2n) is 6.38. The van der Waals surface area contributed by atoms with Crippen LogP contribution in [0.3, 0.4) is 0 Å². The molecule has 24 heavy (non-hydrogen) atoms. The van der Waals surface area contributed by atoms with Crippen LogP contribution < -0.4 is 5.56 Å². The number of imidazole rings is 1. The van der Waals surface area contributed by atoms with Crippen LogP contribution >= 0.6 is 23.6 Å². The highest BCUT2D eigenvalue weighted by molar-refractivity contribution is 7.71. The van der Waals surface area contributed by atoms with E-state index in [-0.39, 0.29) is 5.56 Å². The Labute approximate surface area is 149 Å². The van der Waals surface area contributed by atoms with Gasteiger partial charge in [0.15, 0.2) is 4.77 Å². The molecule has 0 fully saturated rings. The zero-order valence-electron chi connectivity index (χ0n) is 13.7. The fourth-order valence-electron chi connectivity index (χ4n) is 3.50. The molecule has 126 valence electrons. The standard InChI is InChI=1S/C17H20N4OS2/c1-11-9-18-10-20(11)7-4-8-21-16(22)14-12-5-2-3-6-13(12)24-15(14)19-17(21)23/h9-10H,2-8H2,1H3,(H,19,23). The first kappa shape index (κ1) is 15.8. The van der Waals surface area contributed by atoms with E-state index >= 15 is 0 Å². The lowest BCUT2D eigenvalue weighted by Crippen LogP contribution is -2.23. The highest BCUT2D eigenvalue weighted by Gasteiger charge is 2.20. The van der Waals surface area contributed by atoms with E-state index in [1.54, 1.807) is 15.9 Å². The molecule has 0 aliphatic heterocycles. The van der Waals surface area contributed by atoms with Crippen molar-refractivity contribution in [3.63, 3.8) is 0 Å². The van der Waals surface area contributed by atoms with Crippen LogP contribution in [0.25, 0.3) is 10.2 Å². The van der Waals surface area contributed by atoms with Crippen LogP contribution in [0.1, 0.15) is 35.4 Å². The van der Waals surface area contributed by atoms with Crippen LogP contribution in [-0.2, 0) is 25.9 Å². The van der Waals surface area contributed by atoms with Gasteiger partial charge in [0.1, 0.15) is 4.83 Å². The normalized spacial score (nSPS) is 14.2. The molecule has 3 heterocycles. The Hall–Kier alpha value is -1.73. The summed E-state index contributed by atoms with van der Waals surface area (Å²) < 4.78 is 4.36. The summed E-state index contributed by atoms with van der Waals surface area (Å²) in [4.78, 5) is 22.8. The van der Waals surface area contributed by atoms with Crippen molar-refractivity contribution >= 4 is 33.8 Å². The number of aromatic amines is 1. The first-order valence-corrected chi connectivity index (χ1v) is 9.61. The number of fused-ring (bicyclic) bond motifs is 3. The number of nitrogens with one attached hydrogen (secondary N) is 1. The number of H-pyrrole nitrogens is 1. The molecule has 3 aromatic heterocycles. The Morgan fingerprint density at radius 3 is 2.96 bits per heavy atom. The zero-order valence-corrected chi connectivity index (χ0v) is 15.3. The quantitative estimate of drug-likeness (QED) is 0.723. The molecule has 0 amide bonds. The maximum Gasteiger partial charge on any atom is 0.263 e. The van der Waals surface area contributed by atoms with E-state index in [1.807, 2.05) is 19.4 Å². The Kier molecular flexibility index (Phi) is 4.14. The Balaban J connectivity index is 1.66. The maximum absolute atomic E-state index is 13.0. The number of nitrogens with zero attached hydrogens (tertiary/aromatic N) is 3. The number of rotatable bonds is 4. The molecule has 0 bridgehead atoms. The molecule has 0 spiro atoms. The molecule has 5 nitrogen and oxygen atoms in total. The van der Waals surface area contributed by atoms with Crippen molar-refractivity contribution in [1.82, 2.24) is 19.1 Å². The van der Waals surface area contributed by atoms with Crippen molar-refractivity contribution in [3.8, 4) is 0 Å². The molecule has 3 aromatic rings. The average molecular weight is 361 g/mol. The summed E-state index contributed by atoms with van der Waals surface area (Å²) in [6, 6.07) is 0. The van der Waals surface area contributed by atoms with Gasteiger partial charge in [0.25, 0.3) is 5.56 Å². The van der Waals surface area contributed by atoms with Gasteiger partial charge in [-0.1, -0.05) is 0 Å². The third-order valence-electron chi connectivity index (χ3n) is 4.80. The van der Waals surface area contributed by atoms with Crippen molar-refractivity contribution in [2.45, 2.75) is 52.1 Å². The monoisotopic (exact) mass is 360 g/mol. The number of aromatic nitrogens is 4. The summed E-state index contributed by atoms with van der Waals surface area (Å²) in [6.45, 7) is 3.51. The van der Waals surface area contributed by atoms with Gasteiger partial charge in [0, 0.05) is 29.9 Å². The Bertz CT molecular complexity index is 1010. The molecule has 1 aliphatic rings. The largest absolute Gasteiger partial charge is 0.335 e. The second-order valence-corrected chi connectivity index (χ2v) is 7.88. The third-order valence-corrected chi connectivity index (χ3v) is 6.33. The first-order valence-electron chi connectivity index (χ1n) is 8.39. The summed E-state index contributed by atoms with van der Waals surface area (Å²) in [5.41, 5.74) is 2.47. The zero-order chi connectivity index (χ0) is 16.7. The van der Waals surface area contributed by atoms with Crippen molar-refractivity contribution in [2.24, 2.45) is 0 Å². The molecule has 7 heteroatoms. The van der Waals surface area contributed by atoms with E-state index < -0.39 is 0 Å². The fourth-order valence-corrected chi connectivity index (χ4v) is 5.12. The van der Waals surface area contributed by atoms with E-state index in [2.05, 4.69) is 14.5 Å². The average Bonchev–Trinajstić information content (AvgIpc) is 3.13. The summed E-state index contributed by atoms with van der Waals surface area (Å²) >= 11 is 7.15. The number of aryl methyl sites for hydroxylation is 4.